The Morgan fingerprint density at radius 2 is 1.73 bits per heavy atom. The van der Waals surface area contributed by atoms with Gasteiger partial charge in [-0.2, -0.15) is 4.31 Å². The Kier molecular flexibility index (Phi) is 3.82. The molecule has 0 amide bonds. The molecule has 1 rings (SSSR count). The molecule has 5 heteroatoms. The second-order valence-electron chi connectivity index (χ2n) is 3.02. The van der Waals surface area contributed by atoms with E-state index in [4.69, 9.17) is 0 Å². The highest BCUT2D eigenvalue weighted by Crippen LogP contribution is 2.18. The maximum Gasteiger partial charge on any atom is 0.245 e. The van der Waals surface area contributed by atoms with Gasteiger partial charge in [-0.1, -0.05) is 26.0 Å². The molecule has 1 aromatic rings. The maximum absolute atomic E-state index is 13.3. The number of halogens is 1. The largest absolute Gasteiger partial charge is 0.245 e. The molecular weight excluding hydrogens is 217 g/mol. The number of hydrogen-bond donors (Lipinski definition) is 0. The minimum atomic E-state index is -3.67. The fourth-order valence-corrected chi connectivity index (χ4v) is 2.88. The van der Waals surface area contributed by atoms with Gasteiger partial charge in [-0.25, -0.2) is 12.8 Å². The molecule has 0 aromatic heterocycles. The zero-order chi connectivity index (χ0) is 11.5. The average Bonchev–Trinajstić information content (AvgIpc) is 2.19. The Morgan fingerprint density at radius 3 is 2.20 bits per heavy atom. The molecule has 0 spiro atoms. The average molecular weight is 231 g/mol. The maximum atomic E-state index is 13.3. The van der Waals surface area contributed by atoms with E-state index in [0.717, 1.165) is 6.07 Å². The minimum Gasteiger partial charge on any atom is -0.207 e. The van der Waals surface area contributed by atoms with Crippen molar-refractivity contribution in [2.75, 3.05) is 13.1 Å². The molecule has 0 aliphatic rings. The lowest BCUT2D eigenvalue weighted by atomic mass is 10.4. The van der Waals surface area contributed by atoms with E-state index < -0.39 is 15.8 Å². The van der Waals surface area contributed by atoms with E-state index in [2.05, 4.69) is 0 Å². The molecule has 0 aliphatic heterocycles. The fraction of sp³-hybridized carbons (Fsp3) is 0.400. The van der Waals surface area contributed by atoms with Gasteiger partial charge in [0.1, 0.15) is 10.7 Å². The van der Waals surface area contributed by atoms with Gasteiger partial charge in [-0.3, -0.25) is 0 Å². The summed E-state index contributed by atoms with van der Waals surface area (Å²) in [5, 5.41) is 0. The molecule has 1 aromatic carbocycles. The van der Waals surface area contributed by atoms with Crippen LogP contribution in [0.3, 0.4) is 0 Å². The van der Waals surface area contributed by atoms with Crippen LogP contribution in [0.15, 0.2) is 29.2 Å². The number of rotatable bonds is 4. The summed E-state index contributed by atoms with van der Waals surface area (Å²) in [4.78, 5) is -0.256. The van der Waals surface area contributed by atoms with E-state index in [9.17, 15) is 12.8 Å². The highest BCUT2D eigenvalue weighted by Gasteiger charge is 2.24. The van der Waals surface area contributed by atoms with Crippen molar-refractivity contribution in [3.63, 3.8) is 0 Å². The van der Waals surface area contributed by atoms with Crippen LogP contribution in [0.25, 0.3) is 0 Å². The third kappa shape index (κ3) is 2.35. The van der Waals surface area contributed by atoms with Gasteiger partial charge in [0, 0.05) is 13.1 Å². The molecule has 0 aliphatic carbocycles. The number of nitrogens with zero attached hydrogens (tertiary/aromatic N) is 1. The number of hydrogen-bond acceptors (Lipinski definition) is 2. The predicted molar refractivity (Wildman–Crippen MR) is 56.5 cm³/mol. The highest BCUT2D eigenvalue weighted by atomic mass is 32.2. The summed E-state index contributed by atoms with van der Waals surface area (Å²) in [6.07, 6.45) is 0. The van der Waals surface area contributed by atoms with Crippen LogP contribution in [0.1, 0.15) is 13.8 Å². The summed E-state index contributed by atoms with van der Waals surface area (Å²) in [7, 11) is -3.67. The molecule has 0 fully saturated rings. The third-order valence-corrected chi connectivity index (χ3v) is 4.24. The summed E-state index contributed by atoms with van der Waals surface area (Å²) in [5.41, 5.74) is 0. The van der Waals surface area contributed by atoms with E-state index in [1.807, 2.05) is 0 Å². The molecule has 3 nitrogen and oxygen atoms in total. The van der Waals surface area contributed by atoms with E-state index in [1.54, 1.807) is 13.8 Å². The zero-order valence-corrected chi connectivity index (χ0v) is 9.59. The van der Waals surface area contributed by atoms with Gasteiger partial charge in [-0.05, 0) is 12.1 Å². The Morgan fingerprint density at radius 1 is 1.20 bits per heavy atom. The summed E-state index contributed by atoms with van der Waals surface area (Å²) in [6, 6.07) is 5.41. The van der Waals surface area contributed by atoms with Gasteiger partial charge in [0.15, 0.2) is 0 Å². The Balaban J connectivity index is 3.23. The van der Waals surface area contributed by atoms with Gasteiger partial charge in [0.05, 0.1) is 0 Å². The van der Waals surface area contributed by atoms with Crippen LogP contribution < -0.4 is 0 Å². The van der Waals surface area contributed by atoms with Gasteiger partial charge in [0.2, 0.25) is 10.0 Å². The summed E-state index contributed by atoms with van der Waals surface area (Å²) < 4.78 is 38.3. The van der Waals surface area contributed by atoms with Crippen LogP contribution in [0.2, 0.25) is 0 Å². The minimum absolute atomic E-state index is 0.256. The van der Waals surface area contributed by atoms with Crippen LogP contribution in [0, 0.1) is 5.82 Å². The fourth-order valence-electron chi connectivity index (χ4n) is 1.36. The SMILES string of the molecule is CCN(CC)S(=O)(=O)c1ccccc1F. The Labute approximate surface area is 89.6 Å². The summed E-state index contributed by atoms with van der Waals surface area (Å²) >= 11 is 0. The lowest BCUT2D eigenvalue weighted by Gasteiger charge is -2.18. The van der Waals surface area contributed by atoms with E-state index in [-0.39, 0.29) is 4.90 Å². The third-order valence-electron chi connectivity index (χ3n) is 2.16. The Hall–Kier alpha value is -0.940. The van der Waals surface area contributed by atoms with Gasteiger partial charge in [-0.15, -0.1) is 0 Å². The molecule has 0 saturated heterocycles. The molecular formula is C10H14FNO2S. The molecule has 0 bridgehead atoms. The molecule has 15 heavy (non-hydrogen) atoms. The van der Waals surface area contributed by atoms with Crippen molar-refractivity contribution < 1.29 is 12.8 Å². The first kappa shape index (κ1) is 12.1. The molecule has 84 valence electrons. The standard InChI is InChI=1S/C10H14FNO2S/c1-3-12(4-2)15(13,14)10-8-6-5-7-9(10)11/h5-8H,3-4H2,1-2H3. The van der Waals surface area contributed by atoms with Gasteiger partial charge in [0.25, 0.3) is 0 Å². The molecule has 0 radical (unpaired) electrons. The van der Waals surface area contributed by atoms with Crippen molar-refractivity contribution in [1.29, 1.82) is 0 Å². The van der Waals surface area contributed by atoms with Gasteiger partial charge < -0.3 is 0 Å². The molecule has 0 atom stereocenters. The first-order chi connectivity index (χ1) is 7.04. The topological polar surface area (TPSA) is 37.4 Å². The smallest absolute Gasteiger partial charge is 0.207 e. The monoisotopic (exact) mass is 231 g/mol. The van der Waals surface area contributed by atoms with Gasteiger partial charge >= 0.3 is 0 Å². The van der Waals surface area contributed by atoms with Crippen LogP contribution in [-0.4, -0.2) is 25.8 Å². The first-order valence-corrected chi connectivity index (χ1v) is 6.22. The lowest BCUT2D eigenvalue weighted by Crippen LogP contribution is -2.31. The first-order valence-electron chi connectivity index (χ1n) is 4.78. The molecule has 0 heterocycles. The van der Waals surface area contributed by atoms with Crippen molar-refractivity contribution >= 4 is 10.0 Å². The van der Waals surface area contributed by atoms with Crippen LogP contribution in [-0.2, 0) is 10.0 Å². The molecule has 0 saturated carbocycles. The lowest BCUT2D eigenvalue weighted by molar-refractivity contribution is 0.440. The molecule has 0 unspecified atom stereocenters. The number of benzene rings is 1. The molecule has 0 N–H and O–H groups in total. The predicted octanol–water partition coefficient (Wildman–Crippen LogP) is 1.86. The normalized spacial score (nSPS) is 12.0. The van der Waals surface area contributed by atoms with E-state index in [1.165, 1.54) is 22.5 Å². The van der Waals surface area contributed by atoms with Crippen molar-refractivity contribution in [2.45, 2.75) is 18.7 Å². The van der Waals surface area contributed by atoms with Crippen LogP contribution >= 0.6 is 0 Å². The number of sulfonamides is 1. The van der Waals surface area contributed by atoms with E-state index >= 15 is 0 Å². The summed E-state index contributed by atoms with van der Waals surface area (Å²) in [6.45, 7) is 4.13. The zero-order valence-electron chi connectivity index (χ0n) is 8.77. The second-order valence-corrected chi connectivity index (χ2v) is 4.93. The second kappa shape index (κ2) is 4.72. The Bertz CT molecular complexity index is 427. The van der Waals surface area contributed by atoms with Crippen molar-refractivity contribution in [3.8, 4) is 0 Å². The summed E-state index contributed by atoms with van der Waals surface area (Å²) in [5.74, 6) is -0.704. The van der Waals surface area contributed by atoms with Crippen LogP contribution in [0.5, 0.6) is 0 Å². The van der Waals surface area contributed by atoms with Crippen molar-refractivity contribution in [2.24, 2.45) is 0 Å². The van der Waals surface area contributed by atoms with Crippen molar-refractivity contribution in [3.05, 3.63) is 30.1 Å². The quantitative estimate of drug-likeness (QED) is 0.793. The van der Waals surface area contributed by atoms with Crippen LogP contribution in [0.4, 0.5) is 4.39 Å². The van der Waals surface area contributed by atoms with Crippen molar-refractivity contribution in [1.82, 2.24) is 4.31 Å². The highest BCUT2D eigenvalue weighted by molar-refractivity contribution is 7.89. The van der Waals surface area contributed by atoms with E-state index in [0.29, 0.717) is 13.1 Å².